The number of halogens is 1. The summed E-state index contributed by atoms with van der Waals surface area (Å²) in [6.45, 7) is 6.70. The van der Waals surface area contributed by atoms with Gasteiger partial charge in [-0.05, 0) is 27.7 Å². The average Bonchev–Trinajstić information content (AvgIpc) is 1.82. The number of hydrogen-bond acceptors (Lipinski definition) is 4. The molecule has 0 spiro atoms. The van der Waals surface area contributed by atoms with E-state index in [0.29, 0.717) is 0 Å². The fourth-order valence-corrected chi connectivity index (χ4v) is 0.567. The zero-order valence-corrected chi connectivity index (χ0v) is 9.22. The van der Waals surface area contributed by atoms with E-state index in [1.54, 1.807) is 20.8 Å². The molecule has 0 saturated heterocycles. The van der Waals surface area contributed by atoms with Crippen LogP contribution in [0.4, 0.5) is 0 Å². The number of carbonyl (C=O) groups is 1. The maximum atomic E-state index is 11.1. The highest BCUT2D eigenvalue weighted by molar-refractivity contribution is 5.85. The fraction of sp³-hybridized carbons (Fsp3) is 0.875. The quantitative estimate of drug-likeness (QED) is 0.651. The maximum absolute atomic E-state index is 11.1. The molecule has 0 aliphatic rings. The number of hydrogen-bond donors (Lipinski definition) is 2. The third kappa shape index (κ3) is 6.81. The summed E-state index contributed by atoms with van der Waals surface area (Å²) in [6, 6.07) is -0.954. The minimum atomic E-state index is -0.954. The Balaban J connectivity index is 0. The van der Waals surface area contributed by atoms with Crippen LogP contribution < -0.4 is 5.73 Å². The van der Waals surface area contributed by atoms with Crippen molar-refractivity contribution < 1.29 is 14.6 Å². The number of esters is 1. The van der Waals surface area contributed by atoms with Gasteiger partial charge in [0.25, 0.3) is 0 Å². The van der Waals surface area contributed by atoms with Crippen LogP contribution >= 0.6 is 12.4 Å². The van der Waals surface area contributed by atoms with Gasteiger partial charge in [-0.25, -0.2) is 0 Å². The molecule has 0 aromatic carbocycles. The Morgan fingerprint density at radius 2 is 1.85 bits per heavy atom. The van der Waals surface area contributed by atoms with Gasteiger partial charge in [0.1, 0.15) is 11.6 Å². The molecule has 80 valence electrons. The van der Waals surface area contributed by atoms with Gasteiger partial charge in [0, 0.05) is 0 Å². The Kier molecular flexibility index (Phi) is 6.32. The highest BCUT2D eigenvalue weighted by Gasteiger charge is 2.25. The van der Waals surface area contributed by atoms with Crippen LogP contribution in [0.15, 0.2) is 0 Å². The van der Waals surface area contributed by atoms with E-state index in [0.717, 1.165) is 0 Å². The predicted molar refractivity (Wildman–Crippen MR) is 52.7 cm³/mol. The average molecular weight is 212 g/mol. The van der Waals surface area contributed by atoms with Crippen molar-refractivity contribution >= 4 is 18.4 Å². The van der Waals surface area contributed by atoms with Crippen molar-refractivity contribution in [3.8, 4) is 0 Å². The first-order chi connectivity index (χ1) is 5.24. The number of aliphatic hydroxyl groups excluding tert-OH is 1. The zero-order chi connectivity index (χ0) is 9.94. The molecule has 2 atom stereocenters. The minimum absolute atomic E-state index is 0. The number of rotatable bonds is 2. The van der Waals surface area contributed by atoms with Gasteiger partial charge in [-0.2, -0.15) is 0 Å². The van der Waals surface area contributed by atoms with Gasteiger partial charge in [0.2, 0.25) is 0 Å². The van der Waals surface area contributed by atoms with Crippen molar-refractivity contribution in [1.29, 1.82) is 0 Å². The van der Waals surface area contributed by atoms with E-state index in [2.05, 4.69) is 0 Å². The Hall–Kier alpha value is -0.320. The summed E-state index contributed by atoms with van der Waals surface area (Å²) in [5.74, 6) is -0.572. The van der Waals surface area contributed by atoms with Gasteiger partial charge >= 0.3 is 5.97 Å². The first-order valence-corrected chi connectivity index (χ1v) is 3.90. The predicted octanol–water partition coefficient (Wildman–Crippen LogP) is 0.458. The van der Waals surface area contributed by atoms with Gasteiger partial charge < -0.3 is 15.6 Å². The molecule has 0 heterocycles. The number of aliphatic hydroxyl groups is 1. The minimum Gasteiger partial charge on any atom is -0.459 e. The molecule has 4 nitrogen and oxygen atoms in total. The fourth-order valence-electron chi connectivity index (χ4n) is 0.567. The van der Waals surface area contributed by atoms with Crippen LogP contribution in [-0.4, -0.2) is 28.8 Å². The SMILES string of the molecule is CC(O)[C@H](N)C(=O)OC(C)(C)C.Cl. The molecule has 0 fully saturated rings. The van der Waals surface area contributed by atoms with E-state index in [1.807, 2.05) is 0 Å². The van der Waals surface area contributed by atoms with Crippen LogP contribution in [-0.2, 0) is 9.53 Å². The lowest BCUT2D eigenvalue weighted by atomic mass is 10.1. The number of nitrogens with two attached hydrogens (primary N) is 1. The van der Waals surface area contributed by atoms with E-state index >= 15 is 0 Å². The summed E-state index contributed by atoms with van der Waals surface area (Å²) >= 11 is 0. The molecule has 0 rings (SSSR count). The number of ether oxygens (including phenoxy) is 1. The summed E-state index contributed by atoms with van der Waals surface area (Å²) in [5, 5.41) is 8.96. The molecule has 3 N–H and O–H groups in total. The molecule has 1 unspecified atom stereocenters. The second-order valence-electron chi connectivity index (χ2n) is 3.80. The summed E-state index contributed by atoms with van der Waals surface area (Å²) < 4.78 is 4.94. The van der Waals surface area contributed by atoms with Crippen molar-refractivity contribution in [3.63, 3.8) is 0 Å². The third-order valence-electron chi connectivity index (χ3n) is 1.20. The molecule has 0 aromatic rings. The van der Waals surface area contributed by atoms with Gasteiger partial charge in [-0.15, -0.1) is 12.4 Å². The highest BCUT2D eigenvalue weighted by atomic mass is 35.5. The lowest BCUT2D eigenvalue weighted by Crippen LogP contribution is -2.44. The Labute approximate surface area is 84.9 Å². The van der Waals surface area contributed by atoms with E-state index in [9.17, 15) is 4.79 Å². The second kappa shape index (κ2) is 5.42. The molecule has 5 heteroatoms. The van der Waals surface area contributed by atoms with Crippen molar-refractivity contribution in [1.82, 2.24) is 0 Å². The van der Waals surface area contributed by atoms with Crippen LogP contribution in [0.1, 0.15) is 27.7 Å². The molecule has 0 aliphatic heterocycles. The van der Waals surface area contributed by atoms with E-state index in [1.165, 1.54) is 6.92 Å². The molecule has 0 saturated carbocycles. The molecule has 0 radical (unpaired) electrons. The molecule has 0 aliphatic carbocycles. The summed E-state index contributed by atoms with van der Waals surface area (Å²) in [4.78, 5) is 11.1. The smallest absolute Gasteiger partial charge is 0.326 e. The second-order valence-corrected chi connectivity index (χ2v) is 3.80. The molecule has 13 heavy (non-hydrogen) atoms. The van der Waals surface area contributed by atoms with Crippen LogP contribution in [0.2, 0.25) is 0 Å². The number of carbonyl (C=O) groups excluding carboxylic acids is 1. The van der Waals surface area contributed by atoms with E-state index in [4.69, 9.17) is 15.6 Å². The maximum Gasteiger partial charge on any atom is 0.326 e. The van der Waals surface area contributed by atoms with Crippen LogP contribution in [0.25, 0.3) is 0 Å². The molecule has 0 bridgehead atoms. The van der Waals surface area contributed by atoms with Crippen molar-refractivity contribution in [2.45, 2.75) is 45.4 Å². The summed E-state index contributed by atoms with van der Waals surface area (Å²) in [6.07, 6.45) is -0.875. The Bertz CT molecular complexity index is 165. The molecular formula is C8H18ClNO3. The van der Waals surface area contributed by atoms with Crippen molar-refractivity contribution in [3.05, 3.63) is 0 Å². The first kappa shape index (κ1) is 15.2. The molecule has 0 amide bonds. The molecular weight excluding hydrogens is 194 g/mol. The zero-order valence-electron chi connectivity index (χ0n) is 8.40. The lowest BCUT2D eigenvalue weighted by molar-refractivity contribution is -0.158. The topological polar surface area (TPSA) is 72.5 Å². The van der Waals surface area contributed by atoms with Crippen LogP contribution in [0, 0.1) is 0 Å². The summed E-state index contributed by atoms with van der Waals surface area (Å²) in [7, 11) is 0. The summed E-state index contributed by atoms with van der Waals surface area (Å²) in [5.41, 5.74) is 4.79. The normalized spacial score (nSPS) is 15.5. The van der Waals surface area contributed by atoms with Gasteiger partial charge in [0.05, 0.1) is 6.10 Å². The van der Waals surface area contributed by atoms with Gasteiger partial charge in [0.15, 0.2) is 0 Å². The van der Waals surface area contributed by atoms with Gasteiger partial charge in [-0.1, -0.05) is 0 Å². The van der Waals surface area contributed by atoms with E-state index in [-0.39, 0.29) is 12.4 Å². The monoisotopic (exact) mass is 211 g/mol. The first-order valence-electron chi connectivity index (χ1n) is 3.90. The van der Waals surface area contributed by atoms with Crippen molar-refractivity contribution in [2.75, 3.05) is 0 Å². The van der Waals surface area contributed by atoms with Gasteiger partial charge in [-0.3, -0.25) is 4.79 Å². The highest BCUT2D eigenvalue weighted by Crippen LogP contribution is 2.08. The van der Waals surface area contributed by atoms with Crippen LogP contribution in [0.3, 0.4) is 0 Å². The molecule has 0 aromatic heterocycles. The third-order valence-corrected chi connectivity index (χ3v) is 1.20. The van der Waals surface area contributed by atoms with E-state index < -0.39 is 23.7 Å². The standard InChI is InChI=1S/C8H17NO3.ClH/c1-5(10)6(9)7(11)12-8(2,3)4;/h5-6,10H,9H2,1-4H3;1H/t5?,6-;/m0./s1. The Morgan fingerprint density at radius 1 is 1.46 bits per heavy atom. The largest absolute Gasteiger partial charge is 0.459 e. The lowest BCUT2D eigenvalue weighted by Gasteiger charge is -2.23. The van der Waals surface area contributed by atoms with Crippen LogP contribution in [0.5, 0.6) is 0 Å². The van der Waals surface area contributed by atoms with Crippen molar-refractivity contribution in [2.24, 2.45) is 5.73 Å². The Morgan fingerprint density at radius 3 is 2.08 bits per heavy atom.